The van der Waals surface area contributed by atoms with Gasteiger partial charge in [-0.15, -0.1) is 0 Å². The van der Waals surface area contributed by atoms with Gasteiger partial charge in [0.25, 0.3) is 0 Å². The maximum Gasteiger partial charge on any atom is 1.00 e. The van der Waals surface area contributed by atoms with Gasteiger partial charge in [-0.2, -0.15) is 0 Å². The molecule has 0 rings (SSSR count). The Hall–Kier alpha value is 1.51. The molecule has 0 aliphatic heterocycles. The standard InChI is InChI=1S/C17H36O4S.K/c1-3-17(22(19,20)21)15-13-11-9-7-5-4-6-8-10-12-14-16(2)18;/h16-18H,3-15H2,1-2H3,(H,19,20,21);/q;+1/p-1. The monoisotopic (exact) mass is 374 g/mol. The molecular formula is C17H35KO4S. The fourth-order valence-corrected chi connectivity index (χ4v) is 3.64. The van der Waals surface area contributed by atoms with Crippen molar-refractivity contribution in [2.75, 3.05) is 0 Å². The van der Waals surface area contributed by atoms with Crippen LogP contribution in [0.5, 0.6) is 0 Å². The molecule has 6 heteroatoms. The van der Waals surface area contributed by atoms with Crippen molar-refractivity contribution in [2.45, 2.75) is 109 Å². The van der Waals surface area contributed by atoms with Crippen molar-refractivity contribution in [3.05, 3.63) is 0 Å². The van der Waals surface area contributed by atoms with Crippen LogP contribution in [0.1, 0.15) is 97.3 Å². The molecule has 2 atom stereocenters. The average molecular weight is 375 g/mol. The Morgan fingerprint density at radius 1 is 0.826 bits per heavy atom. The Bertz CT molecular complexity index is 345. The largest absolute Gasteiger partial charge is 1.00 e. The summed E-state index contributed by atoms with van der Waals surface area (Å²) in [5, 5.41) is 8.45. The van der Waals surface area contributed by atoms with Gasteiger partial charge in [0.05, 0.1) is 16.2 Å². The Balaban J connectivity index is 0. The van der Waals surface area contributed by atoms with Crippen molar-refractivity contribution >= 4 is 10.1 Å². The summed E-state index contributed by atoms with van der Waals surface area (Å²) in [7, 11) is -4.10. The summed E-state index contributed by atoms with van der Waals surface area (Å²) < 4.78 is 32.8. The average Bonchev–Trinajstić information content (AvgIpc) is 2.42. The molecule has 0 aromatic carbocycles. The number of aliphatic hydroxyl groups excluding tert-OH is 1. The predicted molar refractivity (Wildman–Crippen MR) is 90.9 cm³/mol. The maximum atomic E-state index is 10.9. The minimum Gasteiger partial charge on any atom is -0.748 e. The van der Waals surface area contributed by atoms with Crippen LogP contribution in [0.25, 0.3) is 0 Å². The molecule has 0 aromatic rings. The van der Waals surface area contributed by atoms with Gasteiger partial charge in [-0.3, -0.25) is 0 Å². The second kappa shape index (κ2) is 16.9. The smallest absolute Gasteiger partial charge is 0.748 e. The van der Waals surface area contributed by atoms with Crippen molar-refractivity contribution in [2.24, 2.45) is 0 Å². The van der Waals surface area contributed by atoms with Crippen LogP contribution in [-0.4, -0.2) is 29.4 Å². The maximum absolute atomic E-state index is 10.9. The molecule has 0 bridgehead atoms. The first-order chi connectivity index (χ1) is 10.4. The minimum absolute atomic E-state index is 0. The van der Waals surface area contributed by atoms with Crippen LogP contribution >= 0.6 is 0 Å². The van der Waals surface area contributed by atoms with E-state index >= 15 is 0 Å². The van der Waals surface area contributed by atoms with Gasteiger partial charge in [-0.05, 0) is 26.2 Å². The second-order valence-corrected chi connectivity index (χ2v) is 8.14. The Labute approximate surface area is 186 Å². The number of unbranched alkanes of at least 4 members (excludes halogenated alkanes) is 9. The van der Waals surface area contributed by atoms with Gasteiger partial charge < -0.3 is 9.66 Å². The number of hydrogen-bond donors (Lipinski definition) is 1. The summed E-state index contributed by atoms with van der Waals surface area (Å²) >= 11 is 0. The van der Waals surface area contributed by atoms with E-state index in [0.29, 0.717) is 12.8 Å². The van der Waals surface area contributed by atoms with Crippen LogP contribution in [0.15, 0.2) is 0 Å². The zero-order valence-electron chi connectivity index (χ0n) is 15.4. The van der Waals surface area contributed by atoms with Crippen molar-refractivity contribution in [3.63, 3.8) is 0 Å². The molecule has 134 valence electrons. The SMILES string of the molecule is CCC(CCCCCCCCCCCCC(C)O)S(=O)(=O)[O-].[K+]. The van der Waals surface area contributed by atoms with Crippen LogP contribution in [0.2, 0.25) is 0 Å². The molecule has 1 N–H and O–H groups in total. The fourth-order valence-electron chi connectivity index (χ4n) is 2.78. The molecule has 4 nitrogen and oxygen atoms in total. The summed E-state index contributed by atoms with van der Waals surface area (Å²) in [5.41, 5.74) is 0. The molecule has 0 aliphatic carbocycles. The van der Waals surface area contributed by atoms with Crippen molar-refractivity contribution in [1.29, 1.82) is 0 Å². The molecular weight excluding hydrogens is 339 g/mol. The van der Waals surface area contributed by atoms with E-state index < -0.39 is 15.4 Å². The van der Waals surface area contributed by atoms with Gasteiger partial charge in [0, 0.05) is 5.25 Å². The molecule has 23 heavy (non-hydrogen) atoms. The molecule has 0 saturated carbocycles. The van der Waals surface area contributed by atoms with E-state index in [9.17, 15) is 13.0 Å². The molecule has 0 spiro atoms. The zero-order valence-corrected chi connectivity index (χ0v) is 19.4. The topological polar surface area (TPSA) is 77.4 Å². The van der Waals surface area contributed by atoms with Crippen LogP contribution in [0.4, 0.5) is 0 Å². The minimum atomic E-state index is -4.10. The summed E-state index contributed by atoms with van der Waals surface area (Å²) in [6.07, 6.45) is 13.3. The molecule has 0 aromatic heterocycles. The third kappa shape index (κ3) is 18.1. The molecule has 2 unspecified atom stereocenters. The van der Waals surface area contributed by atoms with E-state index in [2.05, 4.69) is 0 Å². The van der Waals surface area contributed by atoms with Gasteiger partial charge in [-0.25, -0.2) is 8.42 Å². The van der Waals surface area contributed by atoms with Gasteiger partial charge in [-0.1, -0.05) is 71.1 Å². The van der Waals surface area contributed by atoms with Gasteiger partial charge in [0.1, 0.15) is 0 Å². The van der Waals surface area contributed by atoms with Crippen molar-refractivity contribution in [1.82, 2.24) is 0 Å². The predicted octanol–water partition coefficient (Wildman–Crippen LogP) is 1.38. The molecule has 0 heterocycles. The van der Waals surface area contributed by atoms with Crippen LogP contribution in [0.3, 0.4) is 0 Å². The molecule has 0 fully saturated rings. The molecule has 0 radical (unpaired) electrons. The van der Waals surface area contributed by atoms with Crippen molar-refractivity contribution in [3.8, 4) is 0 Å². The van der Waals surface area contributed by atoms with Gasteiger partial charge in [0.2, 0.25) is 0 Å². The second-order valence-electron chi connectivity index (χ2n) is 6.48. The molecule has 0 saturated heterocycles. The zero-order chi connectivity index (χ0) is 16.8. The number of rotatable bonds is 15. The van der Waals surface area contributed by atoms with Gasteiger partial charge >= 0.3 is 51.4 Å². The Morgan fingerprint density at radius 3 is 1.48 bits per heavy atom. The van der Waals surface area contributed by atoms with E-state index in [1.165, 1.54) is 38.5 Å². The van der Waals surface area contributed by atoms with E-state index in [0.717, 1.165) is 32.1 Å². The third-order valence-corrected chi connectivity index (χ3v) is 5.65. The molecule has 0 aliphatic rings. The first-order valence-corrected chi connectivity index (χ1v) is 10.5. The fraction of sp³-hybridized carbons (Fsp3) is 1.00. The van der Waals surface area contributed by atoms with E-state index in [1.807, 2.05) is 6.92 Å². The normalized spacial score (nSPS) is 14.3. The van der Waals surface area contributed by atoms with Crippen LogP contribution in [0, 0.1) is 0 Å². The van der Waals surface area contributed by atoms with Gasteiger partial charge in [0.15, 0.2) is 0 Å². The summed E-state index contributed by atoms with van der Waals surface area (Å²) in [6, 6.07) is 0. The number of hydrogen-bond acceptors (Lipinski definition) is 4. The van der Waals surface area contributed by atoms with E-state index in [1.54, 1.807) is 6.92 Å². The third-order valence-electron chi connectivity index (χ3n) is 4.26. The Kier molecular flexibility index (Phi) is 19.7. The first-order valence-electron chi connectivity index (χ1n) is 9.00. The van der Waals surface area contributed by atoms with E-state index in [-0.39, 0.29) is 57.5 Å². The molecule has 0 amide bonds. The summed E-state index contributed by atoms with van der Waals surface area (Å²) in [4.78, 5) is 0. The van der Waals surface area contributed by atoms with Crippen LogP contribution < -0.4 is 51.4 Å². The van der Waals surface area contributed by atoms with Crippen molar-refractivity contribution < 1.29 is 69.5 Å². The summed E-state index contributed by atoms with van der Waals surface area (Å²) in [6.45, 7) is 3.61. The van der Waals surface area contributed by atoms with Crippen LogP contribution in [-0.2, 0) is 10.1 Å². The number of aliphatic hydroxyl groups is 1. The Morgan fingerprint density at radius 2 is 1.17 bits per heavy atom. The summed E-state index contributed by atoms with van der Waals surface area (Å²) in [5.74, 6) is 0. The van der Waals surface area contributed by atoms with E-state index in [4.69, 9.17) is 5.11 Å². The first kappa shape index (κ1) is 26.7. The quantitative estimate of drug-likeness (QED) is 0.267.